The van der Waals surface area contributed by atoms with E-state index in [-0.39, 0.29) is 18.2 Å². The number of carbonyl (C=O) groups is 2. The molecule has 0 amide bonds. The molecule has 0 saturated carbocycles. The van der Waals surface area contributed by atoms with Crippen LogP contribution >= 0.6 is 22.7 Å². The summed E-state index contributed by atoms with van der Waals surface area (Å²) in [7, 11) is 0. The van der Waals surface area contributed by atoms with Gasteiger partial charge in [-0.15, -0.1) is 22.7 Å². The SMILES string of the molecule is CC(=O)n1c(C(=O)OCc2ccccc2)cc(-c2cccs2)c1-c1cccs1. The highest BCUT2D eigenvalue weighted by Gasteiger charge is 2.26. The van der Waals surface area contributed by atoms with Crippen LogP contribution in [0.15, 0.2) is 71.4 Å². The van der Waals surface area contributed by atoms with Crippen molar-refractivity contribution in [2.75, 3.05) is 0 Å². The first-order valence-electron chi connectivity index (χ1n) is 8.70. The molecule has 0 aliphatic carbocycles. The molecule has 140 valence electrons. The van der Waals surface area contributed by atoms with E-state index in [1.807, 2.05) is 65.4 Å². The van der Waals surface area contributed by atoms with Crippen molar-refractivity contribution in [3.8, 4) is 21.0 Å². The first-order chi connectivity index (χ1) is 13.6. The Morgan fingerprint density at radius 2 is 1.61 bits per heavy atom. The molecule has 0 saturated heterocycles. The quantitative estimate of drug-likeness (QED) is 0.383. The van der Waals surface area contributed by atoms with Crippen molar-refractivity contribution < 1.29 is 14.3 Å². The molecule has 0 fully saturated rings. The maximum Gasteiger partial charge on any atom is 0.355 e. The summed E-state index contributed by atoms with van der Waals surface area (Å²) in [5.41, 5.74) is 2.74. The zero-order valence-corrected chi connectivity index (χ0v) is 16.8. The van der Waals surface area contributed by atoms with Gasteiger partial charge < -0.3 is 4.74 Å². The highest BCUT2D eigenvalue weighted by molar-refractivity contribution is 7.14. The van der Waals surface area contributed by atoms with Gasteiger partial charge in [0.2, 0.25) is 5.91 Å². The van der Waals surface area contributed by atoms with E-state index in [2.05, 4.69) is 0 Å². The van der Waals surface area contributed by atoms with Crippen LogP contribution in [-0.4, -0.2) is 16.4 Å². The van der Waals surface area contributed by atoms with Crippen LogP contribution < -0.4 is 0 Å². The Balaban J connectivity index is 1.77. The normalized spacial score (nSPS) is 10.8. The Bertz CT molecular complexity index is 1090. The average Bonchev–Trinajstić information content (AvgIpc) is 3.46. The minimum absolute atomic E-state index is 0.158. The molecule has 0 N–H and O–H groups in total. The second-order valence-corrected chi connectivity index (χ2v) is 8.06. The zero-order valence-electron chi connectivity index (χ0n) is 15.1. The molecule has 4 nitrogen and oxygen atoms in total. The third-order valence-electron chi connectivity index (χ3n) is 4.28. The number of nitrogens with zero attached hydrogens (tertiary/aromatic N) is 1. The van der Waals surface area contributed by atoms with Crippen molar-refractivity contribution in [3.63, 3.8) is 0 Å². The van der Waals surface area contributed by atoms with Crippen LogP contribution in [0.5, 0.6) is 0 Å². The Hall–Kier alpha value is -2.96. The Morgan fingerprint density at radius 3 is 2.21 bits per heavy atom. The van der Waals surface area contributed by atoms with Gasteiger partial charge in [0.1, 0.15) is 12.3 Å². The molecule has 0 unspecified atom stereocenters. The molecule has 1 aromatic carbocycles. The van der Waals surface area contributed by atoms with E-state index in [4.69, 9.17) is 4.74 Å². The maximum atomic E-state index is 12.9. The molecule has 0 aliphatic heterocycles. The Kier molecular flexibility index (Phi) is 5.23. The average molecular weight is 408 g/mol. The monoisotopic (exact) mass is 407 g/mol. The predicted octanol–water partition coefficient (Wildman–Crippen LogP) is 5.96. The van der Waals surface area contributed by atoms with Crippen LogP contribution in [0.4, 0.5) is 0 Å². The van der Waals surface area contributed by atoms with E-state index in [1.165, 1.54) is 22.8 Å². The van der Waals surface area contributed by atoms with Crippen molar-refractivity contribution in [2.45, 2.75) is 13.5 Å². The van der Waals surface area contributed by atoms with E-state index in [1.54, 1.807) is 17.4 Å². The van der Waals surface area contributed by atoms with Gasteiger partial charge in [-0.3, -0.25) is 9.36 Å². The summed E-state index contributed by atoms with van der Waals surface area (Å²) in [5.74, 6) is -0.738. The van der Waals surface area contributed by atoms with Crippen molar-refractivity contribution in [1.29, 1.82) is 0 Å². The number of rotatable bonds is 5. The summed E-state index contributed by atoms with van der Waals surface area (Å²) in [4.78, 5) is 27.3. The molecule has 6 heteroatoms. The zero-order chi connectivity index (χ0) is 19.5. The lowest BCUT2D eigenvalue weighted by Gasteiger charge is -2.10. The molecule has 3 heterocycles. The molecule has 4 rings (SSSR count). The van der Waals surface area contributed by atoms with Crippen LogP contribution in [0.2, 0.25) is 0 Å². The Morgan fingerprint density at radius 1 is 0.929 bits per heavy atom. The topological polar surface area (TPSA) is 48.3 Å². The van der Waals surface area contributed by atoms with Gasteiger partial charge in [0, 0.05) is 17.4 Å². The molecule has 0 bridgehead atoms. The molecular formula is C22H17NO3S2. The minimum atomic E-state index is -0.514. The molecular weight excluding hydrogens is 390 g/mol. The van der Waals surface area contributed by atoms with Gasteiger partial charge in [0.05, 0.1) is 10.6 Å². The second-order valence-electron chi connectivity index (χ2n) is 6.16. The van der Waals surface area contributed by atoms with Crippen LogP contribution in [0.25, 0.3) is 21.0 Å². The van der Waals surface area contributed by atoms with Gasteiger partial charge in [-0.2, -0.15) is 0 Å². The highest BCUT2D eigenvalue weighted by atomic mass is 32.1. The smallest absolute Gasteiger partial charge is 0.355 e. The third kappa shape index (κ3) is 3.56. The first-order valence-corrected chi connectivity index (χ1v) is 10.5. The summed E-state index contributed by atoms with van der Waals surface area (Å²) in [6, 6.07) is 19.1. The fourth-order valence-electron chi connectivity index (χ4n) is 3.06. The van der Waals surface area contributed by atoms with Crippen LogP contribution in [0.1, 0.15) is 27.8 Å². The number of thiophene rings is 2. The van der Waals surface area contributed by atoms with Crippen molar-refractivity contribution in [3.05, 3.63) is 82.7 Å². The van der Waals surface area contributed by atoms with Gasteiger partial charge in [-0.25, -0.2) is 4.79 Å². The van der Waals surface area contributed by atoms with Crippen LogP contribution in [0, 0.1) is 0 Å². The van der Waals surface area contributed by atoms with Crippen molar-refractivity contribution >= 4 is 34.6 Å². The highest BCUT2D eigenvalue weighted by Crippen LogP contribution is 2.39. The summed E-state index contributed by atoms with van der Waals surface area (Å²) in [5, 5.41) is 3.93. The number of benzene rings is 1. The largest absolute Gasteiger partial charge is 0.456 e. The lowest BCUT2D eigenvalue weighted by molar-refractivity contribution is 0.0456. The summed E-state index contributed by atoms with van der Waals surface area (Å²) < 4.78 is 6.97. The molecule has 28 heavy (non-hydrogen) atoms. The van der Waals surface area contributed by atoms with Gasteiger partial charge in [0.25, 0.3) is 0 Å². The van der Waals surface area contributed by atoms with Crippen LogP contribution in [-0.2, 0) is 11.3 Å². The fourth-order valence-corrected chi connectivity index (χ4v) is 4.58. The Labute approximate surface area is 170 Å². The lowest BCUT2D eigenvalue weighted by Crippen LogP contribution is -2.17. The van der Waals surface area contributed by atoms with E-state index < -0.39 is 5.97 Å². The van der Waals surface area contributed by atoms with Crippen molar-refractivity contribution in [1.82, 2.24) is 4.57 Å². The number of aromatic nitrogens is 1. The second kappa shape index (κ2) is 7.96. The minimum Gasteiger partial charge on any atom is -0.456 e. The third-order valence-corrected chi connectivity index (χ3v) is 6.06. The molecule has 0 atom stereocenters. The number of ether oxygens (including phenoxy) is 1. The summed E-state index contributed by atoms with van der Waals surface area (Å²) in [6.07, 6.45) is 0. The van der Waals surface area contributed by atoms with Gasteiger partial charge in [0.15, 0.2) is 0 Å². The number of esters is 1. The number of carbonyl (C=O) groups excluding carboxylic acids is 2. The molecule has 3 aromatic heterocycles. The van der Waals surface area contributed by atoms with Gasteiger partial charge >= 0.3 is 5.97 Å². The van der Waals surface area contributed by atoms with Gasteiger partial charge in [-0.1, -0.05) is 42.5 Å². The standard InChI is InChI=1S/C22H17NO3S2/c1-15(24)23-18(22(25)26-14-16-7-3-2-4-8-16)13-17(19-9-5-11-27-19)21(23)20-10-6-12-28-20/h2-13H,14H2,1H3. The summed E-state index contributed by atoms with van der Waals surface area (Å²) in [6.45, 7) is 1.62. The molecule has 0 aliphatic rings. The number of hydrogen-bond donors (Lipinski definition) is 0. The molecule has 4 aromatic rings. The first kappa shape index (κ1) is 18.4. The van der Waals surface area contributed by atoms with E-state index in [0.717, 1.165) is 26.6 Å². The molecule has 0 spiro atoms. The van der Waals surface area contributed by atoms with Gasteiger partial charge in [-0.05, 0) is 34.5 Å². The van der Waals surface area contributed by atoms with E-state index in [9.17, 15) is 9.59 Å². The maximum absolute atomic E-state index is 12.9. The molecule has 0 radical (unpaired) electrons. The number of hydrogen-bond acceptors (Lipinski definition) is 5. The van der Waals surface area contributed by atoms with Crippen LogP contribution in [0.3, 0.4) is 0 Å². The van der Waals surface area contributed by atoms with Crippen molar-refractivity contribution in [2.24, 2.45) is 0 Å². The fraction of sp³-hybridized carbons (Fsp3) is 0.0909. The lowest BCUT2D eigenvalue weighted by atomic mass is 10.1. The van der Waals surface area contributed by atoms with E-state index >= 15 is 0 Å². The van der Waals surface area contributed by atoms with E-state index in [0.29, 0.717) is 0 Å². The predicted molar refractivity (Wildman–Crippen MR) is 113 cm³/mol. The summed E-state index contributed by atoms with van der Waals surface area (Å²) >= 11 is 3.10.